The second-order valence-corrected chi connectivity index (χ2v) is 11.0. The molecule has 4 N–H and O–H groups in total. The van der Waals surface area contributed by atoms with Crippen molar-refractivity contribution in [3.05, 3.63) is 76.2 Å². The molecule has 4 aromatic rings. The van der Waals surface area contributed by atoms with Crippen molar-refractivity contribution >= 4 is 33.4 Å². The topological polar surface area (TPSA) is 127 Å². The number of ether oxygens (including phenoxy) is 1. The largest absolute Gasteiger partial charge is 0.489 e. The van der Waals surface area contributed by atoms with Crippen LogP contribution in [0, 0.1) is 5.82 Å². The highest BCUT2D eigenvalue weighted by Gasteiger charge is 2.57. The molecule has 8 nitrogen and oxygen atoms in total. The zero-order valence-electron chi connectivity index (χ0n) is 21.7. The van der Waals surface area contributed by atoms with E-state index in [0.717, 1.165) is 36.4 Å². The third-order valence-electron chi connectivity index (χ3n) is 7.02. The summed E-state index contributed by atoms with van der Waals surface area (Å²) in [5, 5.41) is 11.9. The molecule has 0 saturated carbocycles. The molecule has 16 heteroatoms. The lowest BCUT2D eigenvalue weighted by Gasteiger charge is -2.31. The van der Waals surface area contributed by atoms with Crippen LogP contribution in [0.15, 0.2) is 48.5 Å². The minimum absolute atomic E-state index is 0.0407. The molecule has 2 aromatic carbocycles. The molecule has 5 rings (SSSR count). The second-order valence-electron chi connectivity index (χ2n) is 9.96. The number of halogens is 7. The van der Waals surface area contributed by atoms with Crippen molar-refractivity contribution in [1.29, 1.82) is 0 Å². The maximum Gasteiger partial charge on any atom is 0.443 e. The quantitative estimate of drug-likeness (QED) is 0.263. The van der Waals surface area contributed by atoms with E-state index in [1.807, 2.05) is 5.32 Å². The maximum absolute atomic E-state index is 14.5. The molecule has 43 heavy (non-hydrogen) atoms. The molecule has 2 atom stereocenters. The predicted molar refractivity (Wildman–Crippen MR) is 139 cm³/mol. The molecule has 0 saturated heterocycles. The number of aliphatic hydroxyl groups is 1. The summed E-state index contributed by atoms with van der Waals surface area (Å²) >= 11 is 0.246. The Morgan fingerprint density at radius 2 is 1.74 bits per heavy atom. The van der Waals surface area contributed by atoms with Crippen LogP contribution in [0.1, 0.15) is 33.5 Å². The first kappa shape index (κ1) is 30.2. The Morgan fingerprint density at radius 3 is 2.35 bits per heavy atom. The smallest absolute Gasteiger partial charge is 0.443 e. The van der Waals surface area contributed by atoms with Gasteiger partial charge in [-0.25, -0.2) is 14.4 Å². The summed E-state index contributed by atoms with van der Waals surface area (Å²) in [5.74, 6) is -2.83. The van der Waals surface area contributed by atoms with Crippen LogP contribution in [-0.2, 0) is 22.0 Å². The number of nitrogens with one attached hydrogen (secondary N) is 1. The fourth-order valence-corrected chi connectivity index (χ4v) is 5.31. The van der Waals surface area contributed by atoms with Crippen molar-refractivity contribution in [2.75, 3.05) is 13.2 Å². The van der Waals surface area contributed by atoms with Crippen LogP contribution >= 0.6 is 11.3 Å². The molecule has 1 aliphatic rings. The van der Waals surface area contributed by atoms with Gasteiger partial charge in [-0.15, -0.1) is 11.3 Å². The number of nitrogens with zero attached hydrogens (tertiary/aromatic N) is 2. The van der Waals surface area contributed by atoms with Gasteiger partial charge in [-0.2, -0.15) is 26.3 Å². The number of aromatic nitrogens is 2. The van der Waals surface area contributed by atoms with Crippen LogP contribution in [-0.4, -0.2) is 46.2 Å². The Hall–Kier alpha value is -4.31. The Balaban J connectivity index is 1.55. The van der Waals surface area contributed by atoms with Crippen molar-refractivity contribution in [2.24, 2.45) is 5.73 Å². The van der Waals surface area contributed by atoms with Crippen LogP contribution in [0.5, 0.6) is 5.75 Å². The summed E-state index contributed by atoms with van der Waals surface area (Å²) < 4.78 is 102. The maximum atomic E-state index is 14.5. The average Bonchev–Trinajstić information content (AvgIpc) is 3.53. The molecular formula is C27H19F7N4O4S. The first-order valence-electron chi connectivity index (χ1n) is 12.2. The molecule has 0 radical (unpaired) electrons. The number of carbonyl (C=O) groups is 2. The van der Waals surface area contributed by atoms with E-state index in [9.17, 15) is 45.4 Å². The van der Waals surface area contributed by atoms with E-state index in [1.165, 1.54) is 19.1 Å². The third kappa shape index (κ3) is 5.24. The van der Waals surface area contributed by atoms with Gasteiger partial charge in [0, 0.05) is 16.7 Å². The lowest BCUT2D eigenvalue weighted by Crippen LogP contribution is -2.51. The van der Waals surface area contributed by atoms with Crippen LogP contribution in [0.25, 0.3) is 21.5 Å². The number of amides is 2. The van der Waals surface area contributed by atoms with Gasteiger partial charge in [0.05, 0.1) is 22.5 Å². The van der Waals surface area contributed by atoms with Crippen LogP contribution in [0.3, 0.4) is 0 Å². The zero-order valence-corrected chi connectivity index (χ0v) is 22.5. The van der Waals surface area contributed by atoms with E-state index in [2.05, 4.69) is 9.97 Å². The van der Waals surface area contributed by atoms with E-state index >= 15 is 0 Å². The molecule has 2 aromatic heterocycles. The molecule has 2 amide bonds. The highest BCUT2D eigenvalue weighted by Crippen LogP contribution is 2.47. The SMILES string of the molecule is C[C@]1(C(N)=O)COc2c1cc(C(O)(CNC(=O)c1ccc3nc(C(F)(F)F)sc3c1)C(F)(F)F)nc2-c1ccc(F)cc1. The number of alkyl halides is 6. The molecule has 3 heterocycles. The minimum atomic E-state index is -5.45. The summed E-state index contributed by atoms with van der Waals surface area (Å²) in [6.45, 7) is -0.505. The Kier molecular flexibility index (Phi) is 7.12. The number of fused-ring (bicyclic) bond motifs is 2. The standard InChI is InChI=1S/C27H19F7N4O4S/c1-24(22(35)40)11-42-20-15(24)9-18(38-19(20)12-2-5-14(28)6-3-12)25(41,27(32,33)34)10-36-21(39)13-4-7-16-17(8-13)43-23(37-16)26(29,30)31/h2-9,41H,10-11H2,1H3,(H2,35,40)(H,36,39)/t24-,25?/m0/s1. The Labute approximate surface area is 241 Å². The monoisotopic (exact) mass is 628 g/mol. The van der Waals surface area contributed by atoms with Gasteiger partial charge in [0.2, 0.25) is 11.5 Å². The van der Waals surface area contributed by atoms with E-state index in [1.54, 1.807) is 0 Å². The number of thiazole rings is 1. The van der Waals surface area contributed by atoms with Gasteiger partial charge in [-0.1, -0.05) is 0 Å². The second kappa shape index (κ2) is 10.2. The highest BCUT2D eigenvalue weighted by atomic mass is 32.1. The fourth-order valence-electron chi connectivity index (χ4n) is 4.44. The number of carbonyl (C=O) groups excluding carboxylic acids is 2. The summed E-state index contributed by atoms with van der Waals surface area (Å²) in [6, 6.07) is 8.46. The van der Waals surface area contributed by atoms with Gasteiger partial charge in [0.25, 0.3) is 5.91 Å². The predicted octanol–water partition coefficient (Wildman–Crippen LogP) is 4.83. The lowest BCUT2D eigenvalue weighted by atomic mass is 9.81. The lowest BCUT2D eigenvalue weighted by molar-refractivity contribution is -0.265. The average molecular weight is 629 g/mol. The van der Waals surface area contributed by atoms with Crippen LogP contribution in [0.2, 0.25) is 0 Å². The van der Waals surface area contributed by atoms with Crippen molar-refractivity contribution in [1.82, 2.24) is 15.3 Å². The number of primary amides is 1. The van der Waals surface area contributed by atoms with E-state index in [4.69, 9.17) is 10.5 Å². The van der Waals surface area contributed by atoms with Gasteiger partial charge in [0.1, 0.15) is 29.3 Å². The molecule has 0 bridgehead atoms. The summed E-state index contributed by atoms with van der Waals surface area (Å²) in [5.41, 5.74) is -1.60. The molecule has 0 fully saturated rings. The van der Waals surface area contributed by atoms with E-state index in [0.29, 0.717) is 0 Å². The number of benzene rings is 2. The van der Waals surface area contributed by atoms with Gasteiger partial charge >= 0.3 is 12.4 Å². The van der Waals surface area contributed by atoms with Crippen molar-refractivity contribution in [3.63, 3.8) is 0 Å². The first-order chi connectivity index (χ1) is 19.9. The Bertz CT molecular complexity index is 1760. The molecule has 0 aliphatic carbocycles. The minimum Gasteiger partial charge on any atom is -0.489 e. The number of nitrogens with two attached hydrogens (primary N) is 1. The van der Waals surface area contributed by atoms with Crippen molar-refractivity contribution < 1.29 is 50.2 Å². The van der Waals surface area contributed by atoms with Gasteiger partial charge < -0.3 is 20.9 Å². The van der Waals surface area contributed by atoms with Gasteiger partial charge in [0.15, 0.2) is 5.01 Å². The van der Waals surface area contributed by atoms with Gasteiger partial charge in [-0.05, 0) is 55.5 Å². The number of rotatable bonds is 6. The van der Waals surface area contributed by atoms with E-state index in [-0.39, 0.29) is 56.3 Å². The summed E-state index contributed by atoms with van der Waals surface area (Å²) in [4.78, 5) is 32.6. The van der Waals surface area contributed by atoms with Gasteiger partial charge in [-0.3, -0.25) is 9.59 Å². The van der Waals surface area contributed by atoms with Crippen molar-refractivity contribution in [2.45, 2.75) is 30.3 Å². The zero-order chi connectivity index (χ0) is 31.5. The molecule has 1 unspecified atom stereocenters. The Morgan fingerprint density at radius 1 is 1.07 bits per heavy atom. The van der Waals surface area contributed by atoms with E-state index < -0.39 is 58.2 Å². The molecule has 1 aliphatic heterocycles. The fraction of sp³-hybridized carbons (Fsp3) is 0.259. The summed E-state index contributed by atoms with van der Waals surface area (Å²) in [6.07, 6.45) is -10.2. The normalized spacial score (nSPS) is 18.2. The highest BCUT2D eigenvalue weighted by molar-refractivity contribution is 7.18. The van der Waals surface area contributed by atoms with Crippen molar-refractivity contribution in [3.8, 4) is 17.0 Å². The summed E-state index contributed by atoms with van der Waals surface area (Å²) in [7, 11) is 0. The number of pyridine rings is 1. The molecular weight excluding hydrogens is 609 g/mol. The number of hydrogen-bond acceptors (Lipinski definition) is 7. The first-order valence-corrected chi connectivity index (χ1v) is 13.1. The van der Waals surface area contributed by atoms with Crippen LogP contribution in [0.4, 0.5) is 30.7 Å². The van der Waals surface area contributed by atoms with Crippen LogP contribution < -0.4 is 15.8 Å². The molecule has 0 spiro atoms. The third-order valence-corrected chi connectivity index (χ3v) is 8.09. The molecule has 226 valence electrons. The number of hydrogen-bond donors (Lipinski definition) is 3.